The number of hydrogen-bond acceptors (Lipinski definition) is 3. The molecule has 0 spiro atoms. The Labute approximate surface area is 129 Å². The van der Waals surface area contributed by atoms with Gasteiger partial charge in [-0.2, -0.15) is 0 Å². The highest BCUT2D eigenvalue weighted by molar-refractivity contribution is 5.45. The van der Waals surface area contributed by atoms with E-state index in [4.69, 9.17) is 4.98 Å². The van der Waals surface area contributed by atoms with Crippen LogP contribution in [0.5, 0.6) is 0 Å². The Bertz CT molecular complexity index is 477. The smallest absolute Gasteiger partial charge is 0.128 e. The second-order valence-corrected chi connectivity index (χ2v) is 7.14. The highest BCUT2D eigenvalue weighted by Gasteiger charge is 2.28. The first-order chi connectivity index (χ1) is 10.1. The molecule has 2 aliphatic heterocycles. The Hall–Kier alpha value is -1.09. The first-order valence-corrected chi connectivity index (χ1v) is 8.60. The average Bonchev–Trinajstić information content (AvgIpc) is 3.09. The summed E-state index contributed by atoms with van der Waals surface area (Å²) in [6.07, 6.45) is 7.40. The second kappa shape index (κ2) is 6.35. The molecule has 0 amide bonds. The molecule has 0 aromatic carbocycles. The van der Waals surface area contributed by atoms with Crippen LogP contribution in [-0.4, -0.2) is 36.1 Å². The zero-order valence-electron chi connectivity index (χ0n) is 13.8. The maximum Gasteiger partial charge on any atom is 0.128 e. The topological polar surface area (TPSA) is 19.4 Å². The molecule has 0 radical (unpaired) electrons. The van der Waals surface area contributed by atoms with E-state index < -0.39 is 0 Å². The van der Waals surface area contributed by atoms with Crippen molar-refractivity contribution in [2.75, 3.05) is 31.1 Å². The SMILES string of the molecule is Cc1cc(N2CCCC2)ncc1[C@H]1CCCN1CC(C)C. The van der Waals surface area contributed by atoms with Gasteiger partial charge in [0.2, 0.25) is 0 Å². The first kappa shape index (κ1) is 14.8. The van der Waals surface area contributed by atoms with Gasteiger partial charge >= 0.3 is 0 Å². The van der Waals surface area contributed by atoms with Crippen molar-refractivity contribution in [3.63, 3.8) is 0 Å². The number of aromatic nitrogens is 1. The minimum Gasteiger partial charge on any atom is -0.357 e. The van der Waals surface area contributed by atoms with Gasteiger partial charge in [0.25, 0.3) is 0 Å². The van der Waals surface area contributed by atoms with Gasteiger partial charge in [-0.1, -0.05) is 13.8 Å². The van der Waals surface area contributed by atoms with Crippen molar-refractivity contribution < 1.29 is 0 Å². The van der Waals surface area contributed by atoms with Gasteiger partial charge in [0.15, 0.2) is 0 Å². The Balaban J connectivity index is 1.78. The molecule has 0 unspecified atom stereocenters. The van der Waals surface area contributed by atoms with E-state index in [2.05, 4.69) is 42.8 Å². The van der Waals surface area contributed by atoms with Crippen LogP contribution >= 0.6 is 0 Å². The predicted molar refractivity (Wildman–Crippen MR) is 88.8 cm³/mol. The van der Waals surface area contributed by atoms with Crippen LogP contribution in [0.15, 0.2) is 12.3 Å². The van der Waals surface area contributed by atoms with Crippen molar-refractivity contribution in [3.05, 3.63) is 23.4 Å². The minimum absolute atomic E-state index is 0.590. The van der Waals surface area contributed by atoms with Crippen LogP contribution in [0.3, 0.4) is 0 Å². The molecule has 1 aromatic rings. The summed E-state index contributed by atoms with van der Waals surface area (Å²) in [5.41, 5.74) is 2.88. The van der Waals surface area contributed by atoms with E-state index in [0.717, 1.165) is 5.92 Å². The molecule has 2 aliphatic rings. The van der Waals surface area contributed by atoms with Gasteiger partial charge in [0.1, 0.15) is 5.82 Å². The monoisotopic (exact) mass is 287 g/mol. The fourth-order valence-corrected chi connectivity index (χ4v) is 3.89. The molecule has 3 heterocycles. The molecule has 3 heteroatoms. The van der Waals surface area contributed by atoms with Crippen LogP contribution in [0.1, 0.15) is 56.7 Å². The fourth-order valence-electron chi connectivity index (χ4n) is 3.89. The standard InChI is InChI=1S/C18H29N3/c1-14(2)13-21-10-6-7-17(21)16-12-19-18(11-15(16)3)20-8-4-5-9-20/h11-12,14,17H,4-10,13H2,1-3H3/t17-/m1/s1. The molecule has 3 nitrogen and oxygen atoms in total. The largest absolute Gasteiger partial charge is 0.357 e. The van der Waals surface area contributed by atoms with Crippen LogP contribution in [0.2, 0.25) is 0 Å². The Morgan fingerprint density at radius 1 is 1.19 bits per heavy atom. The van der Waals surface area contributed by atoms with E-state index in [1.165, 1.54) is 68.8 Å². The van der Waals surface area contributed by atoms with E-state index in [1.807, 2.05) is 0 Å². The summed E-state index contributed by atoms with van der Waals surface area (Å²) in [6, 6.07) is 2.90. The van der Waals surface area contributed by atoms with Gasteiger partial charge in [-0.25, -0.2) is 4.98 Å². The molecule has 1 aromatic heterocycles. The Kier molecular flexibility index (Phi) is 4.48. The molecule has 0 N–H and O–H groups in total. The normalized spacial score (nSPS) is 23.4. The van der Waals surface area contributed by atoms with Gasteiger partial charge in [-0.15, -0.1) is 0 Å². The number of pyridine rings is 1. The van der Waals surface area contributed by atoms with Crippen LogP contribution in [0.25, 0.3) is 0 Å². The third-order valence-electron chi connectivity index (χ3n) is 4.89. The number of hydrogen-bond donors (Lipinski definition) is 0. The van der Waals surface area contributed by atoms with Crippen LogP contribution in [0.4, 0.5) is 5.82 Å². The van der Waals surface area contributed by atoms with Gasteiger partial charge in [0.05, 0.1) is 0 Å². The Morgan fingerprint density at radius 2 is 1.95 bits per heavy atom. The van der Waals surface area contributed by atoms with Gasteiger partial charge in [-0.05, 0) is 62.3 Å². The van der Waals surface area contributed by atoms with Crippen molar-refractivity contribution in [1.82, 2.24) is 9.88 Å². The number of aryl methyl sites for hydroxylation is 1. The summed E-state index contributed by atoms with van der Waals surface area (Å²) in [6.45, 7) is 11.7. The summed E-state index contributed by atoms with van der Waals surface area (Å²) in [7, 11) is 0. The summed E-state index contributed by atoms with van der Waals surface area (Å²) in [5.74, 6) is 1.92. The van der Waals surface area contributed by atoms with E-state index in [1.54, 1.807) is 0 Å². The lowest BCUT2D eigenvalue weighted by molar-refractivity contribution is 0.228. The molecule has 1 atom stereocenters. The summed E-state index contributed by atoms with van der Waals surface area (Å²) in [5, 5.41) is 0. The fraction of sp³-hybridized carbons (Fsp3) is 0.722. The van der Waals surface area contributed by atoms with Gasteiger partial charge in [0, 0.05) is 31.9 Å². The van der Waals surface area contributed by atoms with Crippen molar-refractivity contribution >= 4 is 5.82 Å². The predicted octanol–water partition coefficient (Wildman–Crippen LogP) is 3.78. The molecule has 0 aliphatic carbocycles. The van der Waals surface area contributed by atoms with Crippen LogP contribution < -0.4 is 4.90 Å². The summed E-state index contributed by atoms with van der Waals surface area (Å²) in [4.78, 5) is 9.86. The lowest BCUT2D eigenvalue weighted by Crippen LogP contribution is -2.28. The maximum atomic E-state index is 4.78. The number of likely N-dealkylation sites (tertiary alicyclic amines) is 1. The summed E-state index contributed by atoms with van der Waals surface area (Å²) >= 11 is 0. The lowest BCUT2D eigenvalue weighted by atomic mass is 10.0. The van der Waals surface area contributed by atoms with Crippen molar-refractivity contribution in [2.24, 2.45) is 5.92 Å². The van der Waals surface area contributed by atoms with Crippen molar-refractivity contribution in [1.29, 1.82) is 0 Å². The molecular formula is C18H29N3. The highest BCUT2D eigenvalue weighted by Crippen LogP contribution is 2.34. The number of nitrogens with zero attached hydrogens (tertiary/aromatic N) is 3. The molecule has 21 heavy (non-hydrogen) atoms. The summed E-state index contributed by atoms with van der Waals surface area (Å²) < 4.78 is 0. The van der Waals surface area contributed by atoms with Crippen LogP contribution in [-0.2, 0) is 0 Å². The second-order valence-electron chi connectivity index (χ2n) is 7.14. The highest BCUT2D eigenvalue weighted by atomic mass is 15.2. The van der Waals surface area contributed by atoms with E-state index in [-0.39, 0.29) is 0 Å². The maximum absolute atomic E-state index is 4.78. The van der Waals surface area contributed by atoms with Crippen LogP contribution in [0, 0.1) is 12.8 Å². The van der Waals surface area contributed by atoms with E-state index in [0.29, 0.717) is 6.04 Å². The van der Waals surface area contributed by atoms with Gasteiger partial charge in [-0.3, -0.25) is 4.90 Å². The third-order valence-corrected chi connectivity index (χ3v) is 4.89. The minimum atomic E-state index is 0.590. The zero-order valence-corrected chi connectivity index (χ0v) is 13.8. The van der Waals surface area contributed by atoms with Gasteiger partial charge < -0.3 is 4.90 Å². The quantitative estimate of drug-likeness (QED) is 0.840. The molecule has 2 saturated heterocycles. The number of anilines is 1. The van der Waals surface area contributed by atoms with Crippen molar-refractivity contribution in [3.8, 4) is 0 Å². The molecule has 116 valence electrons. The first-order valence-electron chi connectivity index (χ1n) is 8.60. The van der Waals surface area contributed by atoms with Crippen molar-refractivity contribution in [2.45, 2.75) is 52.5 Å². The molecule has 3 rings (SSSR count). The zero-order chi connectivity index (χ0) is 14.8. The average molecular weight is 287 g/mol. The van der Waals surface area contributed by atoms with E-state index >= 15 is 0 Å². The number of rotatable bonds is 4. The molecular weight excluding hydrogens is 258 g/mol. The molecule has 2 fully saturated rings. The lowest BCUT2D eigenvalue weighted by Gasteiger charge is -2.28. The van der Waals surface area contributed by atoms with E-state index in [9.17, 15) is 0 Å². The molecule has 0 saturated carbocycles. The molecule has 0 bridgehead atoms. The third kappa shape index (κ3) is 3.23. The Morgan fingerprint density at radius 3 is 2.62 bits per heavy atom.